The Labute approximate surface area is 160 Å². The van der Waals surface area contributed by atoms with Gasteiger partial charge in [0.05, 0.1) is 11.6 Å². The molecule has 6 nitrogen and oxygen atoms in total. The molecule has 27 heavy (non-hydrogen) atoms. The fourth-order valence-corrected chi connectivity index (χ4v) is 3.69. The van der Waals surface area contributed by atoms with Crippen molar-refractivity contribution in [3.8, 4) is 0 Å². The number of carbonyl (C=O) groups excluding carboxylic acids is 1. The fraction of sp³-hybridized carbons (Fsp3) is 0.476. The molecule has 1 unspecified atom stereocenters. The molecule has 1 fully saturated rings. The second-order valence-corrected chi connectivity index (χ2v) is 7.41. The number of carbonyl (C=O) groups is 1. The highest BCUT2D eigenvalue weighted by atomic mass is 16.1. The average molecular weight is 368 g/mol. The van der Waals surface area contributed by atoms with Gasteiger partial charge in [0.2, 0.25) is 5.56 Å². The average Bonchev–Trinajstić information content (AvgIpc) is 2.69. The molecule has 1 aliphatic rings. The van der Waals surface area contributed by atoms with E-state index in [1.54, 1.807) is 12.3 Å². The summed E-state index contributed by atoms with van der Waals surface area (Å²) >= 11 is 0. The first-order valence-corrected chi connectivity index (χ1v) is 9.71. The summed E-state index contributed by atoms with van der Waals surface area (Å²) in [6, 6.07) is 7.13. The van der Waals surface area contributed by atoms with Crippen molar-refractivity contribution in [3.63, 3.8) is 0 Å². The molecular formula is C21H28N4O2. The van der Waals surface area contributed by atoms with Crippen LogP contribution in [-0.4, -0.2) is 40.4 Å². The van der Waals surface area contributed by atoms with Crippen LogP contribution in [-0.2, 0) is 0 Å². The van der Waals surface area contributed by atoms with E-state index in [0.29, 0.717) is 17.8 Å². The smallest absolute Gasteiger partial charge is 0.253 e. The summed E-state index contributed by atoms with van der Waals surface area (Å²) < 4.78 is 0. The lowest BCUT2D eigenvalue weighted by Gasteiger charge is -2.34. The van der Waals surface area contributed by atoms with Crippen molar-refractivity contribution in [1.29, 1.82) is 0 Å². The maximum absolute atomic E-state index is 12.8. The summed E-state index contributed by atoms with van der Waals surface area (Å²) in [5.41, 5.74) is 2.14. The number of pyridine rings is 2. The van der Waals surface area contributed by atoms with Crippen LogP contribution >= 0.6 is 0 Å². The van der Waals surface area contributed by atoms with Crippen molar-refractivity contribution in [2.24, 2.45) is 0 Å². The van der Waals surface area contributed by atoms with Crippen LogP contribution in [0.4, 0.5) is 0 Å². The number of amides is 1. The predicted octanol–water partition coefficient (Wildman–Crippen LogP) is 2.85. The second-order valence-electron chi connectivity index (χ2n) is 7.41. The molecule has 1 atom stereocenters. The summed E-state index contributed by atoms with van der Waals surface area (Å²) in [6.07, 6.45) is 7.28. The molecule has 0 aromatic carbocycles. The van der Waals surface area contributed by atoms with Gasteiger partial charge in [-0.2, -0.15) is 0 Å². The summed E-state index contributed by atoms with van der Waals surface area (Å²) in [5, 5.41) is 3.08. The third-order valence-electron chi connectivity index (χ3n) is 5.13. The standard InChI is InChI=1S/C21H28N4O2/c1-15(2)20-17(8-9-19(26)24-20)21(27)23-14-18(16-7-6-10-22-13-16)25-11-4-3-5-12-25/h6-10,13,15,18H,3-5,11-12,14H2,1-2H3,(H,23,27)(H,24,26). The van der Waals surface area contributed by atoms with Crippen molar-refractivity contribution in [2.75, 3.05) is 19.6 Å². The van der Waals surface area contributed by atoms with Crippen molar-refractivity contribution in [2.45, 2.75) is 45.1 Å². The van der Waals surface area contributed by atoms with Gasteiger partial charge in [-0.1, -0.05) is 26.3 Å². The van der Waals surface area contributed by atoms with Crippen molar-refractivity contribution < 1.29 is 4.79 Å². The molecule has 0 saturated carbocycles. The number of H-pyrrole nitrogens is 1. The van der Waals surface area contributed by atoms with Crippen molar-refractivity contribution in [1.82, 2.24) is 20.2 Å². The quantitative estimate of drug-likeness (QED) is 0.822. The highest BCUT2D eigenvalue weighted by molar-refractivity contribution is 5.95. The summed E-state index contributed by atoms with van der Waals surface area (Å²) in [7, 11) is 0. The Kier molecular flexibility index (Phi) is 6.40. The van der Waals surface area contributed by atoms with E-state index in [-0.39, 0.29) is 23.4 Å². The lowest BCUT2D eigenvalue weighted by Crippen LogP contribution is -2.41. The van der Waals surface area contributed by atoms with Gasteiger partial charge in [-0.15, -0.1) is 0 Å². The number of aromatic amines is 1. The molecule has 1 saturated heterocycles. The number of hydrogen-bond acceptors (Lipinski definition) is 4. The molecule has 1 amide bonds. The molecule has 0 radical (unpaired) electrons. The molecular weight excluding hydrogens is 340 g/mol. The molecule has 2 aromatic heterocycles. The lowest BCUT2D eigenvalue weighted by molar-refractivity contribution is 0.0922. The lowest BCUT2D eigenvalue weighted by atomic mass is 10.0. The summed E-state index contributed by atoms with van der Waals surface area (Å²) in [6.45, 7) is 6.51. The van der Waals surface area contributed by atoms with Crippen molar-refractivity contribution in [3.05, 3.63) is 63.8 Å². The third kappa shape index (κ3) is 4.83. The fourth-order valence-electron chi connectivity index (χ4n) is 3.69. The van der Waals surface area contributed by atoms with Gasteiger partial charge in [0.25, 0.3) is 5.91 Å². The highest BCUT2D eigenvalue weighted by Gasteiger charge is 2.24. The molecule has 2 aromatic rings. The number of hydrogen-bond donors (Lipinski definition) is 2. The van der Waals surface area contributed by atoms with Crippen LogP contribution in [0.25, 0.3) is 0 Å². The number of likely N-dealkylation sites (tertiary alicyclic amines) is 1. The SMILES string of the molecule is CC(C)c1[nH]c(=O)ccc1C(=O)NCC(c1cccnc1)N1CCCCC1. The van der Waals surface area contributed by atoms with Gasteiger partial charge < -0.3 is 10.3 Å². The van der Waals surface area contributed by atoms with Crippen LogP contribution in [0, 0.1) is 0 Å². The number of piperidine rings is 1. The number of nitrogens with one attached hydrogen (secondary N) is 2. The third-order valence-corrected chi connectivity index (χ3v) is 5.13. The normalized spacial score (nSPS) is 16.3. The Morgan fingerprint density at radius 3 is 2.67 bits per heavy atom. The van der Waals surface area contributed by atoms with Gasteiger partial charge >= 0.3 is 0 Å². The van der Waals surface area contributed by atoms with Gasteiger partial charge in [0.15, 0.2) is 0 Å². The minimum absolute atomic E-state index is 0.0656. The molecule has 0 bridgehead atoms. The molecule has 3 heterocycles. The van der Waals surface area contributed by atoms with Crippen LogP contribution < -0.4 is 10.9 Å². The van der Waals surface area contributed by atoms with Gasteiger partial charge in [-0.3, -0.25) is 19.5 Å². The minimum Gasteiger partial charge on any atom is -0.350 e. The molecule has 0 spiro atoms. The molecule has 0 aliphatic carbocycles. The highest BCUT2D eigenvalue weighted by Crippen LogP contribution is 2.24. The largest absolute Gasteiger partial charge is 0.350 e. The maximum Gasteiger partial charge on any atom is 0.253 e. The van der Waals surface area contributed by atoms with E-state index in [1.807, 2.05) is 26.1 Å². The second kappa shape index (κ2) is 8.95. The number of nitrogens with zero attached hydrogens (tertiary/aromatic N) is 2. The van der Waals surface area contributed by atoms with E-state index in [2.05, 4.69) is 26.3 Å². The van der Waals surface area contributed by atoms with E-state index >= 15 is 0 Å². The predicted molar refractivity (Wildman–Crippen MR) is 106 cm³/mol. The van der Waals surface area contributed by atoms with E-state index in [4.69, 9.17) is 0 Å². The monoisotopic (exact) mass is 368 g/mol. The van der Waals surface area contributed by atoms with E-state index in [9.17, 15) is 9.59 Å². The van der Waals surface area contributed by atoms with Crippen LogP contribution in [0.1, 0.15) is 66.7 Å². The van der Waals surface area contributed by atoms with Gasteiger partial charge in [0, 0.05) is 30.7 Å². The molecule has 1 aliphatic heterocycles. The van der Waals surface area contributed by atoms with E-state index in [1.165, 1.54) is 25.3 Å². The van der Waals surface area contributed by atoms with Crippen molar-refractivity contribution >= 4 is 5.91 Å². The Bertz CT molecular complexity index is 810. The van der Waals surface area contributed by atoms with Gasteiger partial charge in [0.1, 0.15) is 0 Å². The topological polar surface area (TPSA) is 78.1 Å². The Balaban J connectivity index is 1.77. The summed E-state index contributed by atoms with van der Waals surface area (Å²) in [5.74, 6) is -0.0864. The molecule has 144 valence electrons. The number of aromatic nitrogens is 2. The zero-order chi connectivity index (χ0) is 19.2. The Hall–Kier alpha value is -2.47. The molecule has 2 N–H and O–H groups in total. The summed E-state index contributed by atoms with van der Waals surface area (Å²) in [4.78, 5) is 33.9. The minimum atomic E-state index is -0.184. The van der Waals surface area contributed by atoms with Crippen LogP contribution in [0.5, 0.6) is 0 Å². The number of rotatable bonds is 6. The van der Waals surface area contributed by atoms with Crippen LogP contribution in [0.2, 0.25) is 0 Å². The molecule has 3 rings (SSSR count). The van der Waals surface area contributed by atoms with Gasteiger partial charge in [-0.05, 0) is 49.5 Å². The Morgan fingerprint density at radius 1 is 1.22 bits per heavy atom. The van der Waals surface area contributed by atoms with E-state index < -0.39 is 0 Å². The molecule has 6 heteroatoms. The van der Waals surface area contributed by atoms with E-state index in [0.717, 1.165) is 18.7 Å². The van der Waals surface area contributed by atoms with Crippen LogP contribution in [0.15, 0.2) is 41.5 Å². The maximum atomic E-state index is 12.8. The van der Waals surface area contributed by atoms with Crippen LogP contribution in [0.3, 0.4) is 0 Å². The Morgan fingerprint density at radius 2 is 2.00 bits per heavy atom. The zero-order valence-electron chi connectivity index (χ0n) is 16.1. The first-order chi connectivity index (χ1) is 13.1. The first kappa shape index (κ1) is 19.3. The first-order valence-electron chi connectivity index (χ1n) is 9.71. The van der Waals surface area contributed by atoms with Gasteiger partial charge in [-0.25, -0.2) is 0 Å². The zero-order valence-corrected chi connectivity index (χ0v) is 16.1.